The van der Waals surface area contributed by atoms with Gasteiger partial charge in [0.25, 0.3) is 0 Å². The van der Waals surface area contributed by atoms with Crippen molar-refractivity contribution < 1.29 is 9.53 Å². The zero-order valence-corrected chi connectivity index (χ0v) is 19.7. The molecule has 154 valence electrons. The lowest BCUT2D eigenvalue weighted by molar-refractivity contribution is 0.0529. The molecule has 0 radical (unpaired) electrons. The minimum Gasteiger partial charge on any atom is -0.444 e. The third kappa shape index (κ3) is 9.80. The molecule has 0 aliphatic carbocycles. The van der Waals surface area contributed by atoms with E-state index in [1.807, 2.05) is 20.8 Å². The Morgan fingerprint density at radius 1 is 1.27 bits per heavy atom. The van der Waals surface area contributed by atoms with Gasteiger partial charge in [0.2, 0.25) is 0 Å². The number of aliphatic imine (C=N–C) groups is 1. The van der Waals surface area contributed by atoms with Crippen molar-refractivity contribution in [2.45, 2.75) is 66.2 Å². The third-order valence-corrected chi connectivity index (χ3v) is 4.09. The van der Waals surface area contributed by atoms with Gasteiger partial charge in [-0.15, -0.1) is 24.0 Å². The lowest BCUT2D eigenvalue weighted by Gasteiger charge is -2.22. The number of nitrogens with zero attached hydrogens (tertiary/aromatic N) is 2. The predicted molar refractivity (Wildman–Crippen MR) is 118 cm³/mol. The third-order valence-electron chi connectivity index (χ3n) is 4.09. The molecule has 0 bridgehead atoms. The predicted octanol–water partition coefficient (Wildman–Crippen LogP) is 2.41. The van der Waals surface area contributed by atoms with Crippen molar-refractivity contribution >= 4 is 36.0 Å². The molecular formula is C18H38IN5O2. The molecule has 0 spiro atoms. The number of nitrogens with one attached hydrogen (secondary N) is 3. The monoisotopic (exact) mass is 483 g/mol. The highest BCUT2D eigenvalue weighted by Gasteiger charge is 2.31. The molecule has 1 aliphatic rings. The average Bonchev–Trinajstić information content (AvgIpc) is 2.83. The summed E-state index contributed by atoms with van der Waals surface area (Å²) in [6, 6.07) is 0.950. The second-order valence-electron chi connectivity index (χ2n) is 7.97. The van der Waals surface area contributed by atoms with Gasteiger partial charge >= 0.3 is 6.09 Å². The van der Waals surface area contributed by atoms with E-state index in [9.17, 15) is 4.79 Å². The standard InChI is InChI=1S/C18H37N5O2.HI/c1-8-19-16(20-9-10-21-17(24)25-18(5,6)7)22-15-12-23(13(2)3)11-14(15)4;/h13-15H,8-12H2,1-7H3,(H,21,24)(H2,19,20,22);1H. The van der Waals surface area contributed by atoms with Gasteiger partial charge in [0, 0.05) is 38.3 Å². The molecule has 1 saturated heterocycles. The van der Waals surface area contributed by atoms with Crippen molar-refractivity contribution in [2.75, 3.05) is 32.7 Å². The first-order valence-electron chi connectivity index (χ1n) is 9.38. The fraction of sp³-hybridized carbons (Fsp3) is 0.889. The summed E-state index contributed by atoms with van der Waals surface area (Å²) in [5, 5.41) is 9.54. The zero-order chi connectivity index (χ0) is 19.0. The number of ether oxygens (including phenoxy) is 1. The largest absolute Gasteiger partial charge is 0.444 e. The summed E-state index contributed by atoms with van der Waals surface area (Å²) >= 11 is 0. The maximum atomic E-state index is 11.6. The molecule has 1 heterocycles. The molecule has 2 unspecified atom stereocenters. The van der Waals surface area contributed by atoms with E-state index in [0.29, 0.717) is 31.1 Å². The number of carbonyl (C=O) groups excluding carboxylic acids is 1. The van der Waals surface area contributed by atoms with Crippen LogP contribution in [0, 0.1) is 5.92 Å². The smallest absolute Gasteiger partial charge is 0.407 e. The number of guanidine groups is 1. The molecule has 0 aromatic carbocycles. The number of rotatable bonds is 6. The molecule has 2 atom stereocenters. The summed E-state index contributed by atoms with van der Waals surface area (Å²) < 4.78 is 5.21. The summed E-state index contributed by atoms with van der Waals surface area (Å²) in [7, 11) is 0. The highest BCUT2D eigenvalue weighted by Crippen LogP contribution is 2.18. The van der Waals surface area contributed by atoms with Crippen molar-refractivity contribution in [3.05, 3.63) is 0 Å². The molecule has 0 aromatic rings. The Morgan fingerprint density at radius 3 is 2.42 bits per heavy atom. The first-order chi connectivity index (χ1) is 11.6. The highest BCUT2D eigenvalue weighted by atomic mass is 127. The van der Waals surface area contributed by atoms with E-state index >= 15 is 0 Å². The Bertz CT molecular complexity index is 451. The van der Waals surface area contributed by atoms with Crippen LogP contribution in [0.4, 0.5) is 4.79 Å². The molecule has 1 aliphatic heterocycles. The molecule has 1 fully saturated rings. The van der Waals surface area contributed by atoms with Gasteiger partial charge in [-0.2, -0.15) is 0 Å². The Kier molecular flexibility index (Phi) is 11.5. The maximum Gasteiger partial charge on any atom is 0.407 e. The summed E-state index contributed by atoms with van der Waals surface area (Å²) in [4.78, 5) is 18.7. The molecule has 3 N–H and O–H groups in total. The van der Waals surface area contributed by atoms with Crippen LogP contribution >= 0.6 is 24.0 Å². The van der Waals surface area contributed by atoms with E-state index in [-0.39, 0.29) is 24.0 Å². The highest BCUT2D eigenvalue weighted by molar-refractivity contribution is 14.0. The van der Waals surface area contributed by atoms with E-state index < -0.39 is 11.7 Å². The van der Waals surface area contributed by atoms with Crippen molar-refractivity contribution in [3.63, 3.8) is 0 Å². The van der Waals surface area contributed by atoms with Gasteiger partial charge in [-0.05, 0) is 47.5 Å². The van der Waals surface area contributed by atoms with Crippen LogP contribution in [0.15, 0.2) is 4.99 Å². The number of likely N-dealkylation sites (tertiary alicyclic amines) is 1. The van der Waals surface area contributed by atoms with Crippen LogP contribution in [0.2, 0.25) is 0 Å². The quantitative estimate of drug-likeness (QED) is 0.234. The second-order valence-corrected chi connectivity index (χ2v) is 7.97. The van der Waals surface area contributed by atoms with Gasteiger partial charge in [-0.1, -0.05) is 6.92 Å². The average molecular weight is 483 g/mol. The van der Waals surface area contributed by atoms with E-state index in [2.05, 4.69) is 53.5 Å². The second kappa shape index (κ2) is 11.8. The van der Waals surface area contributed by atoms with Crippen LogP contribution in [-0.4, -0.2) is 67.4 Å². The van der Waals surface area contributed by atoms with Crippen molar-refractivity contribution in [1.82, 2.24) is 20.9 Å². The molecule has 0 aromatic heterocycles. The van der Waals surface area contributed by atoms with E-state index in [4.69, 9.17) is 4.74 Å². The Hall–Kier alpha value is -0.770. The number of carbonyl (C=O) groups is 1. The first kappa shape index (κ1) is 25.2. The van der Waals surface area contributed by atoms with E-state index in [1.165, 1.54) is 0 Å². The maximum absolute atomic E-state index is 11.6. The number of amides is 1. The SMILES string of the molecule is CCNC(=NCCNC(=O)OC(C)(C)C)NC1CN(C(C)C)CC1C.I. The first-order valence-corrected chi connectivity index (χ1v) is 9.38. The molecular weight excluding hydrogens is 445 g/mol. The molecule has 1 amide bonds. The van der Waals surface area contributed by atoms with Crippen LogP contribution in [0.25, 0.3) is 0 Å². The van der Waals surface area contributed by atoms with E-state index in [0.717, 1.165) is 25.6 Å². The fourth-order valence-corrected chi connectivity index (χ4v) is 2.75. The van der Waals surface area contributed by atoms with Crippen LogP contribution in [0.1, 0.15) is 48.5 Å². The van der Waals surface area contributed by atoms with Crippen molar-refractivity contribution in [1.29, 1.82) is 0 Å². The van der Waals surface area contributed by atoms with Crippen LogP contribution < -0.4 is 16.0 Å². The summed E-state index contributed by atoms with van der Waals surface area (Å²) in [5.74, 6) is 1.38. The van der Waals surface area contributed by atoms with Gasteiger partial charge < -0.3 is 20.7 Å². The summed E-state index contributed by atoms with van der Waals surface area (Å²) in [6.07, 6.45) is -0.405. The summed E-state index contributed by atoms with van der Waals surface area (Å²) in [6.45, 7) is 18.2. The zero-order valence-electron chi connectivity index (χ0n) is 17.4. The molecule has 7 nitrogen and oxygen atoms in total. The lowest BCUT2D eigenvalue weighted by atomic mass is 10.1. The minimum atomic E-state index is -0.481. The van der Waals surface area contributed by atoms with Crippen molar-refractivity contribution in [3.8, 4) is 0 Å². The number of alkyl carbamates (subject to hydrolysis) is 1. The normalized spacial score (nSPS) is 21.3. The van der Waals surface area contributed by atoms with Gasteiger partial charge in [0.15, 0.2) is 5.96 Å². The fourth-order valence-electron chi connectivity index (χ4n) is 2.75. The molecule has 26 heavy (non-hydrogen) atoms. The molecule has 0 saturated carbocycles. The van der Waals surface area contributed by atoms with Gasteiger partial charge in [0.1, 0.15) is 5.60 Å². The van der Waals surface area contributed by atoms with Gasteiger partial charge in [0.05, 0.1) is 6.54 Å². The van der Waals surface area contributed by atoms with Gasteiger partial charge in [-0.25, -0.2) is 4.79 Å². The minimum absolute atomic E-state index is 0. The Balaban J connectivity index is 0.00000625. The lowest BCUT2D eigenvalue weighted by Crippen LogP contribution is -2.47. The summed E-state index contributed by atoms with van der Waals surface area (Å²) in [5.41, 5.74) is -0.481. The molecule has 1 rings (SSSR count). The topological polar surface area (TPSA) is 78.0 Å². The number of hydrogen-bond donors (Lipinski definition) is 3. The molecule has 8 heteroatoms. The van der Waals surface area contributed by atoms with Crippen LogP contribution in [-0.2, 0) is 4.74 Å². The Morgan fingerprint density at radius 2 is 1.92 bits per heavy atom. The van der Waals surface area contributed by atoms with E-state index in [1.54, 1.807) is 0 Å². The Labute approximate surface area is 176 Å². The number of hydrogen-bond acceptors (Lipinski definition) is 4. The van der Waals surface area contributed by atoms with Crippen molar-refractivity contribution in [2.24, 2.45) is 10.9 Å². The van der Waals surface area contributed by atoms with Crippen LogP contribution in [0.5, 0.6) is 0 Å². The van der Waals surface area contributed by atoms with Crippen LogP contribution in [0.3, 0.4) is 0 Å². The van der Waals surface area contributed by atoms with Gasteiger partial charge in [-0.3, -0.25) is 9.89 Å². The number of halogens is 1.